The molecule has 0 spiro atoms. The van der Waals surface area contributed by atoms with Crippen molar-refractivity contribution in [2.45, 2.75) is 26.4 Å². The quantitative estimate of drug-likeness (QED) is 0.502. The molecule has 0 aliphatic heterocycles. The highest BCUT2D eigenvalue weighted by atomic mass is 16.5. The molecule has 1 aromatic heterocycles. The number of amides is 1. The predicted octanol–water partition coefficient (Wildman–Crippen LogP) is 3.16. The summed E-state index contributed by atoms with van der Waals surface area (Å²) in [5.41, 5.74) is 1.58. The van der Waals surface area contributed by atoms with Gasteiger partial charge in [-0.3, -0.25) is 9.59 Å². The zero-order valence-electron chi connectivity index (χ0n) is 17.1. The predicted molar refractivity (Wildman–Crippen MR) is 115 cm³/mol. The fraction of sp³-hybridized carbons (Fsp3) is 0.217. The SMILES string of the molecule is COC(=O)c1ccc(/C=C/C(=O)N(Cc2nc3ccccc3c(=O)[nH]2)C(C)C)cc1. The molecule has 7 nitrogen and oxygen atoms in total. The third-order valence-corrected chi connectivity index (χ3v) is 4.64. The molecule has 3 aromatic rings. The summed E-state index contributed by atoms with van der Waals surface area (Å²) in [6, 6.07) is 13.7. The third kappa shape index (κ3) is 4.81. The van der Waals surface area contributed by atoms with Crippen LogP contribution in [0.4, 0.5) is 0 Å². The number of aromatic amines is 1. The lowest BCUT2D eigenvalue weighted by Gasteiger charge is -2.25. The number of nitrogens with zero attached hydrogens (tertiary/aromatic N) is 2. The van der Waals surface area contributed by atoms with Crippen LogP contribution >= 0.6 is 0 Å². The zero-order valence-corrected chi connectivity index (χ0v) is 17.1. The minimum atomic E-state index is -0.413. The molecule has 154 valence electrons. The molecule has 1 heterocycles. The van der Waals surface area contributed by atoms with E-state index in [0.29, 0.717) is 22.3 Å². The molecule has 0 aliphatic rings. The van der Waals surface area contributed by atoms with Crippen molar-refractivity contribution in [2.75, 3.05) is 7.11 Å². The molecule has 1 amide bonds. The molecule has 0 radical (unpaired) electrons. The molecule has 2 aromatic carbocycles. The summed E-state index contributed by atoms with van der Waals surface area (Å²) < 4.78 is 4.68. The lowest BCUT2D eigenvalue weighted by molar-refractivity contribution is -0.128. The van der Waals surface area contributed by atoms with E-state index in [2.05, 4.69) is 14.7 Å². The van der Waals surface area contributed by atoms with E-state index in [9.17, 15) is 14.4 Å². The van der Waals surface area contributed by atoms with Crippen molar-refractivity contribution in [3.8, 4) is 0 Å². The van der Waals surface area contributed by atoms with E-state index in [1.54, 1.807) is 53.4 Å². The molecule has 0 saturated carbocycles. The molecule has 3 rings (SSSR count). The van der Waals surface area contributed by atoms with Crippen LogP contribution in [0, 0.1) is 0 Å². The van der Waals surface area contributed by atoms with Gasteiger partial charge < -0.3 is 14.6 Å². The molecule has 0 aliphatic carbocycles. The Labute approximate surface area is 174 Å². The number of ether oxygens (including phenoxy) is 1. The Morgan fingerprint density at radius 1 is 1.13 bits per heavy atom. The molecule has 0 atom stereocenters. The first-order valence-electron chi connectivity index (χ1n) is 9.54. The first kappa shape index (κ1) is 21.0. The fourth-order valence-electron chi connectivity index (χ4n) is 3.00. The van der Waals surface area contributed by atoms with Crippen LogP contribution in [0.15, 0.2) is 59.4 Å². The van der Waals surface area contributed by atoms with Crippen molar-refractivity contribution in [3.63, 3.8) is 0 Å². The second-order valence-electron chi connectivity index (χ2n) is 7.04. The third-order valence-electron chi connectivity index (χ3n) is 4.64. The molecular formula is C23H23N3O4. The average Bonchev–Trinajstić information content (AvgIpc) is 2.75. The first-order chi connectivity index (χ1) is 14.4. The van der Waals surface area contributed by atoms with Gasteiger partial charge in [-0.2, -0.15) is 0 Å². The van der Waals surface area contributed by atoms with Crippen LogP contribution in [0.5, 0.6) is 0 Å². The van der Waals surface area contributed by atoms with Gasteiger partial charge in [-0.1, -0.05) is 24.3 Å². The fourth-order valence-corrected chi connectivity index (χ4v) is 3.00. The average molecular weight is 405 g/mol. The highest BCUT2D eigenvalue weighted by molar-refractivity contribution is 5.92. The second-order valence-corrected chi connectivity index (χ2v) is 7.04. The number of hydrogen-bond donors (Lipinski definition) is 1. The minimum absolute atomic E-state index is 0.0966. The van der Waals surface area contributed by atoms with E-state index in [0.717, 1.165) is 5.56 Å². The van der Waals surface area contributed by atoms with Gasteiger partial charge >= 0.3 is 5.97 Å². The maximum Gasteiger partial charge on any atom is 0.337 e. The van der Waals surface area contributed by atoms with Crippen LogP contribution in [0.25, 0.3) is 17.0 Å². The van der Waals surface area contributed by atoms with Crippen molar-refractivity contribution in [2.24, 2.45) is 0 Å². The van der Waals surface area contributed by atoms with Crippen LogP contribution in [-0.4, -0.2) is 39.9 Å². The van der Waals surface area contributed by atoms with Crippen molar-refractivity contribution in [3.05, 3.63) is 81.9 Å². The monoisotopic (exact) mass is 405 g/mol. The number of carbonyl (C=O) groups excluding carboxylic acids is 2. The van der Waals surface area contributed by atoms with Crippen molar-refractivity contribution in [1.82, 2.24) is 14.9 Å². The van der Waals surface area contributed by atoms with E-state index in [1.165, 1.54) is 13.2 Å². The Balaban J connectivity index is 1.77. The second kappa shape index (κ2) is 9.17. The number of H-pyrrole nitrogens is 1. The van der Waals surface area contributed by atoms with E-state index in [1.807, 2.05) is 19.9 Å². The van der Waals surface area contributed by atoms with Gasteiger partial charge in [0.05, 0.1) is 30.1 Å². The van der Waals surface area contributed by atoms with Gasteiger partial charge in [-0.15, -0.1) is 0 Å². The lowest BCUT2D eigenvalue weighted by Crippen LogP contribution is -2.36. The summed E-state index contributed by atoms with van der Waals surface area (Å²) in [4.78, 5) is 45.4. The largest absolute Gasteiger partial charge is 0.465 e. The highest BCUT2D eigenvalue weighted by Gasteiger charge is 2.17. The van der Waals surface area contributed by atoms with Crippen LogP contribution in [0.2, 0.25) is 0 Å². The van der Waals surface area contributed by atoms with Gasteiger partial charge in [0.25, 0.3) is 5.56 Å². The number of hydrogen-bond acceptors (Lipinski definition) is 5. The Hall–Kier alpha value is -3.74. The standard InChI is InChI=1S/C23H23N3O4/c1-15(2)26(14-20-24-19-7-5-4-6-18(19)22(28)25-20)21(27)13-10-16-8-11-17(12-9-16)23(29)30-3/h4-13,15H,14H2,1-3H3,(H,24,25,28)/b13-10+. The normalized spacial score (nSPS) is 11.2. The van der Waals surface area contributed by atoms with Crippen molar-refractivity contribution >= 4 is 28.9 Å². The number of carbonyl (C=O) groups is 2. The number of fused-ring (bicyclic) bond motifs is 1. The number of rotatable bonds is 6. The number of methoxy groups -OCH3 is 1. The Morgan fingerprint density at radius 2 is 1.83 bits per heavy atom. The van der Waals surface area contributed by atoms with Gasteiger partial charge in [-0.05, 0) is 49.8 Å². The molecule has 1 N–H and O–H groups in total. The number of benzene rings is 2. The lowest BCUT2D eigenvalue weighted by atomic mass is 10.1. The van der Waals surface area contributed by atoms with E-state index >= 15 is 0 Å². The van der Waals surface area contributed by atoms with Crippen LogP contribution < -0.4 is 5.56 Å². The number of nitrogens with one attached hydrogen (secondary N) is 1. The van der Waals surface area contributed by atoms with Gasteiger partial charge in [0, 0.05) is 12.1 Å². The summed E-state index contributed by atoms with van der Waals surface area (Å²) in [5.74, 6) is -0.195. The summed E-state index contributed by atoms with van der Waals surface area (Å²) in [5, 5.41) is 0.513. The number of para-hydroxylation sites is 1. The van der Waals surface area contributed by atoms with Gasteiger partial charge in [-0.25, -0.2) is 9.78 Å². The summed E-state index contributed by atoms with van der Waals surface area (Å²) in [6.45, 7) is 3.98. The van der Waals surface area contributed by atoms with Crippen molar-refractivity contribution in [1.29, 1.82) is 0 Å². The Morgan fingerprint density at radius 3 is 2.50 bits per heavy atom. The van der Waals surface area contributed by atoms with Gasteiger partial charge in [0.15, 0.2) is 0 Å². The van der Waals surface area contributed by atoms with Crippen LogP contribution in [-0.2, 0) is 16.1 Å². The van der Waals surface area contributed by atoms with E-state index in [-0.39, 0.29) is 24.1 Å². The Kier molecular flexibility index (Phi) is 6.41. The molecule has 0 fully saturated rings. The first-order valence-corrected chi connectivity index (χ1v) is 9.54. The molecule has 0 unspecified atom stereocenters. The van der Waals surface area contributed by atoms with E-state index in [4.69, 9.17) is 0 Å². The smallest absolute Gasteiger partial charge is 0.337 e. The Bertz CT molecular complexity index is 1150. The maximum atomic E-state index is 12.8. The zero-order chi connectivity index (χ0) is 21.7. The van der Waals surface area contributed by atoms with Gasteiger partial charge in [0.2, 0.25) is 5.91 Å². The maximum absolute atomic E-state index is 12.8. The number of aromatic nitrogens is 2. The molecule has 7 heteroatoms. The van der Waals surface area contributed by atoms with Crippen LogP contribution in [0.1, 0.15) is 35.6 Å². The molecule has 0 bridgehead atoms. The molecule has 0 saturated heterocycles. The highest BCUT2D eigenvalue weighted by Crippen LogP contribution is 2.11. The topological polar surface area (TPSA) is 92.4 Å². The molecular weight excluding hydrogens is 382 g/mol. The summed E-state index contributed by atoms with van der Waals surface area (Å²) in [7, 11) is 1.33. The van der Waals surface area contributed by atoms with Crippen molar-refractivity contribution < 1.29 is 14.3 Å². The molecule has 30 heavy (non-hydrogen) atoms. The minimum Gasteiger partial charge on any atom is -0.465 e. The number of esters is 1. The van der Waals surface area contributed by atoms with E-state index < -0.39 is 5.97 Å². The summed E-state index contributed by atoms with van der Waals surface area (Å²) in [6.07, 6.45) is 3.14. The summed E-state index contributed by atoms with van der Waals surface area (Å²) >= 11 is 0. The van der Waals surface area contributed by atoms with Gasteiger partial charge in [0.1, 0.15) is 5.82 Å². The van der Waals surface area contributed by atoms with Crippen LogP contribution in [0.3, 0.4) is 0 Å².